The van der Waals surface area contributed by atoms with E-state index < -0.39 is 0 Å². The fraction of sp³-hybridized carbons (Fsp3) is 0.0476. The molecule has 0 bridgehead atoms. The summed E-state index contributed by atoms with van der Waals surface area (Å²) in [5, 5.41) is 6.69. The van der Waals surface area contributed by atoms with Gasteiger partial charge >= 0.3 is 0 Å². The molecule has 0 unspecified atom stereocenters. The minimum atomic E-state index is -0.355. The van der Waals surface area contributed by atoms with Gasteiger partial charge in [-0.15, -0.1) is 16.2 Å². The molecule has 6 nitrogen and oxygen atoms in total. The first-order chi connectivity index (χ1) is 14.1. The Kier molecular flexibility index (Phi) is 5.24. The Morgan fingerprint density at radius 1 is 1.10 bits per heavy atom. The number of benzene rings is 3. The van der Waals surface area contributed by atoms with E-state index in [1.807, 2.05) is 30.3 Å². The van der Waals surface area contributed by atoms with E-state index in [9.17, 15) is 9.70 Å². The molecule has 4 aromatic rings. The van der Waals surface area contributed by atoms with E-state index in [4.69, 9.17) is 16.3 Å². The third kappa shape index (κ3) is 3.96. The van der Waals surface area contributed by atoms with E-state index in [-0.39, 0.29) is 16.6 Å². The molecule has 8 heteroatoms. The van der Waals surface area contributed by atoms with Crippen LogP contribution in [0.1, 0.15) is 10.4 Å². The summed E-state index contributed by atoms with van der Waals surface area (Å²) >= 11 is 7.42. The molecule has 0 saturated carbocycles. The second kappa shape index (κ2) is 7.98. The number of methoxy groups -OCH3 is 1. The molecule has 0 atom stereocenters. The minimum absolute atomic E-state index is 0.0298. The second-order valence-corrected chi connectivity index (χ2v) is 7.58. The maximum Gasteiger partial charge on any atom is 0.255 e. The summed E-state index contributed by atoms with van der Waals surface area (Å²) in [7, 11) is 1.64. The van der Waals surface area contributed by atoms with Crippen LogP contribution >= 0.6 is 22.9 Å². The van der Waals surface area contributed by atoms with E-state index in [1.54, 1.807) is 30.6 Å². The monoisotopic (exact) mass is 423 g/mol. The maximum absolute atomic E-state index is 12.4. The van der Waals surface area contributed by atoms with Crippen LogP contribution in [0.2, 0.25) is 5.02 Å². The predicted molar refractivity (Wildman–Crippen MR) is 116 cm³/mol. The van der Waals surface area contributed by atoms with Crippen molar-refractivity contribution in [3.63, 3.8) is 0 Å². The topological polar surface area (TPSA) is 80.7 Å². The molecule has 1 aromatic heterocycles. The van der Waals surface area contributed by atoms with Crippen LogP contribution in [-0.2, 0) is 0 Å². The van der Waals surface area contributed by atoms with Crippen LogP contribution in [0.3, 0.4) is 0 Å². The van der Waals surface area contributed by atoms with Gasteiger partial charge in [-0.2, -0.15) is 0 Å². The van der Waals surface area contributed by atoms with Gasteiger partial charge in [0, 0.05) is 16.8 Å². The van der Waals surface area contributed by atoms with Crippen molar-refractivity contribution in [1.82, 2.24) is 4.98 Å². The third-order valence-corrected chi connectivity index (χ3v) is 5.68. The lowest BCUT2D eigenvalue weighted by Gasteiger charge is -2.06. The number of nitroso groups, excluding NO2 is 1. The molecule has 1 N–H and O–H groups in total. The number of ether oxygens (including phenoxy) is 1. The van der Waals surface area contributed by atoms with Gasteiger partial charge in [-0.1, -0.05) is 11.6 Å². The molecule has 4 rings (SSSR count). The summed E-state index contributed by atoms with van der Waals surface area (Å²) in [6.07, 6.45) is 0. The number of carbonyl (C=O) groups excluding carboxylic acids is 1. The van der Waals surface area contributed by atoms with E-state index >= 15 is 0 Å². The van der Waals surface area contributed by atoms with Gasteiger partial charge in [-0.25, -0.2) is 4.98 Å². The average molecular weight is 424 g/mol. The summed E-state index contributed by atoms with van der Waals surface area (Å²) in [5.41, 5.74) is 2.81. The maximum atomic E-state index is 12.4. The summed E-state index contributed by atoms with van der Waals surface area (Å²) < 4.78 is 6.30. The standard InChI is InChI=1S/C21H14ClN3O3S/c1-28-15-7-9-17-19(11-15)29-21(24-17)12-2-5-14(6-3-12)23-20(26)13-4-8-16(22)18(10-13)25-27/h2-11H,1H3,(H,23,26). The molecular weight excluding hydrogens is 410 g/mol. The fourth-order valence-electron chi connectivity index (χ4n) is 2.78. The van der Waals surface area contributed by atoms with Gasteiger partial charge in [0.05, 0.1) is 22.3 Å². The number of aromatic nitrogens is 1. The molecule has 3 aromatic carbocycles. The number of fused-ring (bicyclic) bond motifs is 1. The van der Waals surface area contributed by atoms with Crippen molar-refractivity contribution in [3.05, 3.63) is 76.2 Å². The summed E-state index contributed by atoms with van der Waals surface area (Å²) in [5.74, 6) is 0.437. The van der Waals surface area contributed by atoms with Crippen LogP contribution in [0.15, 0.2) is 65.8 Å². The second-order valence-electron chi connectivity index (χ2n) is 6.14. The van der Waals surface area contributed by atoms with Gasteiger partial charge in [-0.05, 0) is 65.8 Å². The third-order valence-electron chi connectivity index (χ3n) is 4.29. The normalized spacial score (nSPS) is 10.7. The Morgan fingerprint density at radius 3 is 2.62 bits per heavy atom. The van der Waals surface area contributed by atoms with Gasteiger partial charge in [0.25, 0.3) is 5.91 Å². The van der Waals surface area contributed by atoms with Crippen molar-refractivity contribution in [3.8, 4) is 16.3 Å². The van der Waals surface area contributed by atoms with Gasteiger partial charge in [0.2, 0.25) is 0 Å². The predicted octanol–water partition coefficient (Wildman–Crippen LogP) is 6.28. The molecule has 0 aliphatic rings. The number of nitrogens with one attached hydrogen (secondary N) is 1. The van der Waals surface area contributed by atoms with Gasteiger partial charge in [0.15, 0.2) is 0 Å². The van der Waals surface area contributed by atoms with Crippen LogP contribution in [0.25, 0.3) is 20.8 Å². The lowest BCUT2D eigenvalue weighted by atomic mass is 10.1. The molecular formula is C21H14ClN3O3S. The van der Waals surface area contributed by atoms with Crippen LogP contribution in [0, 0.1) is 4.91 Å². The highest BCUT2D eigenvalue weighted by Gasteiger charge is 2.11. The Balaban J connectivity index is 1.53. The van der Waals surface area contributed by atoms with Crippen molar-refractivity contribution >= 4 is 50.4 Å². The lowest BCUT2D eigenvalue weighted by Crippen LogP contribution is -2.11. The number of halogens is 1. The SMILES string of the molecule is COc1ccc2nc(-c3ccc(NC(=O)c4ccc(Cl)c(N=O)c4)cc3)sc2c1. The molecule has 0 radical (unpaired) electrons. The minimum Gasteiger partial charge on any atom is -0.497 e. The number of carbonyl (C=O) groups is 1. The van der Waals surface area contributed by atoms with Crippen LogP contribution in [0.4, 0.5) is 11.4 Å². The Labute approximate surface area is 175 Å². The highest BCUT2D eigenvalue weighted by Crippen LogP contribution is 2.33. The highest BCUT2D eigenvalue weighted by molar-refractivity contribution is 7.21. The summed E-state index contributed by atoms with van der Waals surface area (Å²) in [4.78, 5) is 27.8. The number of hydrogen-bond acceptors (Lipinski definition) is 6. The Bertz CT molecular complexity index is 1220. The van der Waals surface area contributed by atoms with Crippen LogP contribution in [0.5, 0.6) is 5.75 Å². The Morgan fingerprint density at radius 2 is 1.90 bits per heavy atom. The number of amides is 1. The van der Waals surface area contributed by atoms with Crippen molar-refractivity contribution in [2.45, 2.75) is 0 Å². The van der Waals surface area contributed by atoms with Gasteiger partial charge in [0.1, 0.15) is 16.4 Å². The zero-order valence-electron chi connectivity index (χ0n) is 15.2. The molecule has 0 fully saturated rings. The zero-order chi connectivity index (χ0) is 20.4. The number of thiazole rings is 1. The smallest absolute Gasteiger partial charge is 0.255 e. The molecule has 1 amide bonds. The summed E-state index contributed by atoms with van der Waals surface area (Å²) in [6.45, 7) is 0. The fourth-order valence-corrected chi connectivity index (χ4v) is 3.93. The average Bonchev–Trinajstić information content (AvgIpc) is 3.17. The highest BCUT2D eigenvalue weighted by atomic mass is 35.5. The van der Waals surface area contributed by atoms with Crippen molar-refractivity contribution in [2.24, 2.45) is 5.18 Å². The number of nitrogens with zero attached hydrogens (tertiary/aromatic N) is 2. The first kappa shape index (κ1) is 19.0. The quantitative estimate of drug-likeness (QED) is 0.383. The van der Waals surface area contributed by atoms with E-state index in [1.165, 1.54) is 18.2 Å². The molecule has 29 heavy (non-hydrogen) atoms. The van der Waals surface area contributed by atoms with E-state index in [0.717, 1.165) is 26.5 Å². The first-order valence-electron chi connectivity index (χ1n) is 8.56. The molecule has 0 aliphatic heterocycles. The molecule has 0 spiro atoms. The van der Waals surface area contributed by atoms with Crippen LogP contribution in [-0.4, -0.2) is 18.0 Å². The Hall–Kier alpha value is -3.29. The van der Waals surface area contributed by atoms with Crippen LogP contribution < -0.4 is 10.1 Å². The molecule has 0 aliphatic carbocycles. The lowest BCUT2D eigenvalue weighted by molar-refractivity contribution is 0.102. The van der Waals surface area contributed by atoms with Crippen molar-refractivity contribution in [1.29, 1.82) is 0 Å². The number of hydrogen-bond donors (Lipinski definition) is 1. The molecule has 0 saturated heterocycles. The zero-order valence-corrected chi connectivity index (χ0v) is 16.8. The van der Waals surface area contributed by atoms with Crippen molar-refractivity contribution in [2.75, 3.05) is 12.4 Å². The van der Waals surface area contributed by atoms with E-state index in [0.29, 0.717) is 11.3 Å². The molecule has 1 heterocycles. The largest absolute Gasteiger partial charge is 0.497 e. The summed E-state index contributed by atoms with van der Waals surface area (Å²) in [6, 6.07) is 17.5. The molecule has 144 valence electrons. The first-order valence-corrected chi connectivity index (χ1v) is 9.76. The van der Waals surface area contributed by atoms with E-state index in [2.05, 4.69) is 15.5 Å². The van der Waals surface area contributed by atoms with Gasteiger partial charge < -0.3 is 10.1 Å². The van der Waals surface area contributed by atoms with Crippen molar-refractivity contribution < 1.29 is 9.53 Å². The number of rotatable bonds is 5. The number of anilines is 1. The van der Waals surface area contributed by atoms with Gasteiger partial charge in [-0.3, -0.25) is 4.79 Å².